The Kier molecular flexibility index (Phi) is 8.87. The number of nitro groups is 1. The van der Waals surface area contributed by atoms with Crippen LogP contribution >= 0.6 is 0 Å². The predicted molar refractivity (Wildman–Crippen MR) is 150 cm³/mol. The summed E-state index contributed by atoms with van der Waals surface area (Å²) in [4.78, 5) is 43.8. The van der Waals surface area contributed by atoms with Crippen LogP contribution in [-0.2, 0) is 22.6 Å². The molecule has 10 nitrogen and oxygen atoms in total. The van der Waals surface area contributed by atoms with Crippen molar-refractivity contribution >= 4 is 17.5 Å². The lowest BCUT2D eigenvalue weighted by atomic mass is 10.1. The molecular weight excluding hydrogens is 510 g/mol. The molecule has 0 spiro atoms. The van der Waals surface area contributed by atoms with Gasteiger partial charge < -0.3 is 19.1 Å². The number of aromatic nitrogens is 1. The summed E-state index contributed by atoms with van der Waals surface area (Å²) in [5, 5.41) is 11.3. The summed E-state index contributed by atoms with van der Waals surface area (Å²) in [5.41, 5.74) is 2.28. The fourth-order valence-electron chi connectivity index (χ4n) is 5.04. The molecule has 2 aliphatic rings. The molecule has 1 saturated heterocycles. The Balaban J connectivity index is 1.32. The lowest BCUT2D eigenvalue weighted by molar-refractivity contribution is -0.384. The monoisotopic (exact) mass is 545 g/mol. The molecule has 210 valence electrons. The number of benzene rings is 2. The largest absolute Gasteiger partial charge is 0.379 e. The van der Waals surface area contributed by atoms with E-state index in [1.807, 2.05) is 41.4 Å². The second kappa shape index (κ2) is 12.9. The summed E-state index contributed by atoms with van der Waals surface area (Å²) in [7, 11) is 0. The molecule has 1 aromatic heterocycles. The number of morpholine rings is 1. The average Bonchev–Trinajstić information content (AvgIpc) is 3.74. The minimum atomic E-state index is -0.514. The van der Waals surface area contributed by atoms with E-state index in [4.69, 9.17) is 4.74 Å². The summed E-state index contributed by atoms with van der Waals surface area (Å²) in [6.45, 7) is 4.83. The Hall–Kier alpha value is -4.02. The quantitative estimate of drug-likeness (QED) is 0.255. The highest BCUT2D eigenvalue weighted by molar-refractivity contribution is 5.97. The Morgan fingerprint density at radius 1 is 1.00 bits per heavy atom. The molecule has 0 radical (unpaired) electrons. The molecule has 0 unspecified atom stereocenters. The van der Waals surface area contributed by atoms with Gasteiger partial charge in [0.2, 0.25) is 5.91 Å². The van der Waals surface area contributed by atoms with Crippen LogP contribution in [0.15, 0.2) is 72.9 Å². The Bertz CT molecular complexity index is 1320. The topological polar surface area (TPSA) is 101 Å². The normalized spacial score (nSPS) is 15.5. The summed E-state index contributed by atoms with van der Waals surface area (Å²) in [5.74, 6) is -0.496. The number of nitro benzene ring substituents is 1. The number of hydrogen-bond donors (Lipinski definition) is 0. The number of carbonyl (C=O) groups excluding carboxylic acids is 2. The van der Waals surface area contributed by atoms with E-state index in [1.165, 1.54) is 28.7 Å². The minimum Gasteiger partial charge on any atom is -0.379 e. The van der Waals surface area contributed by atoms with Crippen molar-refractivity contribution in [3.8, 4) is 0 Å². The highest BCUT2D eigenvalue weighted by Crippen LogP contribution is 2.29. The number of hydrogen-bond acceptors (Lipinski definition) is 6. The maximum atomic E-state index is 13.8. The van der Waals surface area contributed by atoms with Crippen LogP contribution in [0.1, 0.15) is 34.5 Å². The standard InChI is InChI=1S/C30H35N5O5/c36-29(34(26-11-12-26)22-28-10-5-13-32(28)21-24-6-2-1-3-7-24)23-33(15-14-31-16-18-40-19-17-31)30(37)25-8-4-9-27(20-25)35(38)39/h1-10,13,20,26H,11-12,14-19,21-23H2. The van der Waals surface area contributed by atoms with Gasteiger partial charge in [-0.25, -0.2) is 0 Å². The highest BCUT2D eigenvalue weighted by Gasteiger charge is 2.34. The molecule has 0 bridgehead atoms. The van der Waals surface area contributed by atoms with E-state index in [2.05, 4.69) is 21.6 Å². The van der Waals surface area contributed by atoms with Crippen molar-refractivity contribution in [3.63, 3.8) is 0 Å². The van der Waals surface area contributed by atoms with E-state index in [0.29, 0.717) is 39.4 Å². The van der Waals surface area contributed by atoms with E-state index in [0.717, 1.165) is 31.6 Å². The highest BCUT2D eigenvalue weighted by atomic mass is 16.6. The van der Waals surface area contributed by atoms with Crippen LogP contribution in [-0.4, -0.2) is 88.0 Å². The van der Waals surface area contributed by atoms with Gasteiger partial charge in [0.1, 0.15) is 6.54 Å². The van der Waals surface area contributed by atoms with E-state index >= 15 is 0 Å². The van der Waals surface area contributed by atoms with Crippen LogP contribution in [0.2, 0.25) is 0 Å². The van der Waals surface area contributed by atoms with E-state index < -0.39 is 4.92 Å². The molecule has 0 atom stereocenters. The Morgan fingerprint density at radius 3 is 2.50 bits per heavy atom. The molecule has 1 aliphatic heterocycles. The summed E-state index contributed by atoms with van der Waals surface area (Å²) >= 11 is 0. The third kappa shape index (κ3) is 7.13. The van der Waals surface area contributed by atoms with Crippen molar-refractivity contribution in [2.24, 2.45) is 0 Å². The Labute approximate surface area is 233 Å². The number of non-ortho nitro benzene ring substituents is 1. The molecule has 2 aromatic carbocycles. The maximum absolute atomic E-state index is 13.8. The molecule has 0 N–H and O–H groups in total. The minimum absolute atomic E-state index is 0.0816. The number of amides is 2. The molecule has 2 fully saturated rings. The van der Waals surface area contributed by atoms with Crippen molar-refractivity contribution in [1.82, 2.24) is 19.3 Å². The van der Waals surface area contributed by atoms with Crippen molar-refractivity contribution in [1.29, 1.82) is 0 Å². The van der Waals surface area contributed by atoms with E-state index in [1.54, 1.807) is 6.07 Å². The summed E-state index contributed by atoms with van der Waals surface area (Å²) < 4.78 is 7.59. The predicted octanol–water partition coefficient (Wildman–Crippen LogP) is 3.41. The van der Waals surface area contributed by atoms with Crippen LogP contribution in [0.25, 0.3) is 0 Å². The van der Waals surface area contributed by atoms with Gasteiger partial charge in [0.05, 0.1) is 24.7 Å². The first-order valence-corrected chi connectivity index (χ1v) is 13.8. The van der Waals surface area contributed by atoms with Gasteiger partial charge in [-0.05, 0) is 36.6 Å². The Morgan fingerprint density at radius 2 is 1.77 bits per heavy atom. The van der Waals surface area contributed by atoms with Gasteiger partial charge in [-0.2, -0.15) is 0 Å². The third-order valence-electron chi connectivity index (χ3n) is 7.47. The van der Waals surface area contributed by atoms with Crippen LogP contribution in [0.3, 0.4) is 0 Å². The fourth-order valence-corrected chi connectivity index (χ4v) is 5.04. The third-order valence-corrected chi connectivity index (χ3v) is 7.47. The molecule has 1 saturated carbocycles. The first-order valence-electron chi connectivity index (χ1n) is 13.8. The first-order chi connectivity index (χ1) is 19.5. The van der Waals surface area contributed by atoms with Gasteiger partial charge in [-0.3, -0.25) is 24.6 Å². The lowest BCUT2D eigenvalue weighted by Crippen LogP contribution is -2.47. The lowest BCUT2D eigenvalue weighted by Gasteiger charge is -2.31. The first kappa shape index (κ1) is 27.5. The van der Waals surface area contributed by atoms with Gasteiger partial charge >= 0.3 is 0 Å². The zero-order chi connectivity index (χ0) is 27.9. The van der Waals surface area contributed by atoms with Gasteiger partial charge in [0.15, 0.2) is 0 Å². The second-order valence-electron chi connectivity index (χ2n) is 10.4. The smallest absolute Gasteiger partial charge is 0.270 e. The zero-order valence-corrected chi connectivity index (χ0v) is 22.6. The average molecular weight is 546 g/mol. The number of ether oxygens (including phenoxy) is 1. The van der Waals surface area contributed by atoms with Crippen LogP contribution in [0, 0.1) is 10.1 Å². The zero-order valence-electron chi connectivity index (χ0n) is 22.6. The number of nitrogens with zero attached hydrogens (tertiary/aromatic N) is 5. The fraction of sp³-hybridized carbons (Fsp3) is 0.400. The van der Waals surface area contributed by atoms with Crippen molar-refractivity contribution < 1.29 is 19.2 Å². The molecule has 2 amide bonds. The van der Waals surface area contributed by atoms with Crippen LogP contribution in [0.4, 0.5) is 5.69 Å². The number of rotatable bonds is 12. The summed E-state index contributed by atoms with van der Waals surface area (Å²) in [6.07, 6.45) is 3.91. The molecule has 1 aliphatic carbocycles. The van der Waals surface area contributed by atoms with Crippen LogP contribution in [0.5, 0.6) is 0 Å². The van der Waals surface area contributed by atoms with Crippen molar-refractivity contribution in [3.05, 3.63) is 99.9 Å². The molecule has 10 heteroatoms. The molecule has 5 rings (SSSR count). The maximum Gasteiger partial charge on any atom is 0.270 e. The molecule has 3 aromatic rings. The van der Waals surface area contributed by atoms with Crippen molar-refractivity contribution in [2.45, 2.75) is 32.0 Å². The van der Waals surface area contributed by atoms with Crippen molar-refractivity contribution in [2.75, 3.05) is 45.9 Å². The number of carbonyl (C=O) groups is 2. The van der Waals surface area contributed by atoms with Crippen LogP contribution < -0.4 is 0 Å². The van der Waals surface area contributed by atoms with Gasteiger partial charge in [0, 0.05) is 68.4 Å². The second-order valence-corrected chi connectivity index (χ2v) is 10.4. The molecule has 40 heavy (non-hydrogen) atoms. The SMILES string of the molecule is O=C(c1cccc([N+](=O)[O-])c1)N(CCN1CCOCC1)CC(=O)N(Cc1cccn1Cc1ccccc1)C1CC1. The van der Waals surface area contributed by atoms with Gasteiger partial charge in [0.25, 0.3) is 11.6 Å². The van der Waals surface area contributed by atoms with E-state index in [9.17, 15) is 19.7 Å². The molecule has 2 heterocycles. The summed E-state index contributed by atoms with van der Waals surface area (Å²) in [6, 6.07) is 20.1. The van der Waals surface area contributed by atoms with Gasteiger partial charge in [-0.1, -0.05) is 36.4 Å². The van der Waals surface area contributed by atoms with Gasteiger partial charge in [-0.15, -0.1) is 0 Å². The van der Waals surface area contributed by atoms with E-state index in [-0.39, 0.29) is 35.7 Å². The molecular formula is C30H35N5O5.